The fraction of sp³-hybridized carbons (Fsp3) is 0.250. The number of nitrogens with zero attached hydrogens (tertiary/aromatic N) is 2. The van der Waals surface area contributed by atoms with E-state index in [9.17, 15) is 4.79 Å². The van der Waals surface area contributed by atoms with E-state index < -0.39 is 0 Å². The number of carbonyl (C=O) groups excluding carboxylic acids is 1. The third kappa shape index (κ3) is 4.51. The lowest BCUT2D eigenvalue weighted by Gasteiger charge is -2.26. The van der Waals surface area contributed by atoms with Crippen LogP contribution < -0.4 is 10.2 Å². The number of carbonyl (C=O) groups is 1. The van der Waals surface area contributed by atoms with Crippen molar-refractivity contribution in [3.05, 3.63) is 70.1 Å². The number of hydrogen-bond acceptors (Lipinski definition) is 4. The first kappa shape index (κ1) is 20.2. The van der Waals surface area contributed by atoms with Crippen LogP contribution in [0.2, 0.25) is 4.34 Å². The molecule has 1 fully saturated rings. The zero-order chi connectivity index (χ0) is 21.2. The highest BCUT2D eigenvalue weighted by molar-refractivity contribution is 7.19. The number of amides is 1. The van der Waals surface area contributed by atoms with Crippen molar-refractivity contribution in [2.45, 2.75) is 32.4 Å². The molecule has 2 N–H and O–H groups in total. The minimum Gasteiger partial charge on any atom is -0.337 e. The lowest BCUT2D eigenvalue weighted by molar-refractivity contribution is -0.119. The maximum atomic E-state index is 12.1. The third-order valence-electron chi connectivity index (χ3n) is 5.58. The van der Waals surface area contributed by atoms with E-state index in [4.69, 9.17) is 16.6 Å². The number of rotatable bonds is 6. The number of aromatic nitrogens is 2. The fourth-order valence-corrected chi connectivity index (χ4v) is 4.93. The van der Waals surface area contributed by atoms with Crippen LogP contribution in [0, 0.1) is 0 Å². The quantitative estimate of drug-likeness (QED) is 0.393. The Labute approximate surface area is 190 Å². The second-order valence-electron chi connectivity index (χ2n) is 7.81. The summed E-state index contributed by atoms with van der Waals surface area (Å²) in [6, 6.07) is 18.5. The fourth-order valence-electron chi connectivity index (χ4n) is 3.94. The molecule has 1 saturated heterocycles. The van der Waals surface area contributed by atoms with Crippen molar-refractivity contribution >= 4 is 45.6 Å². The molecular formula is C24H23ClN4OS. The highest BCUT2D eigenvalue weighted by Crippen LogP contribution is 2.30. The van der Waals surface area contributed by atoms with Gasteiger partial charge >= 0.3 is 0 Å². The van der Waals surface area contributed by atoms with Crippen molar-refractivity contribution < 1.29 is 4.79 Å². The Morgan fingerprint density at radius 2 is 1.84 bits per heavy atom. The maximum absolute atomic E-state index is 12.1. The normalized spacial score (nSPS) is 14.5. The molecule has 7 heteroatoms. The van der Waals surface area contributed by atoms with Gasteiger partial charge < -0.3 is 15.2 Å². The molecule has 31 heavy (non-hydrogen) atoms. The first-order valence-electron chi connectivity index (χ1n) is 10.5. The van der Waals surface area contributed by atoms with Crippen LogP contribution in [0.1, 0.15) is 30.4 Å². The number of thiophene rings is 1. The lowest BCUT2D eigenvalue weighted by Crippen LogP contribution is -2.35. The van der Waals surface area contributed by atoms with Crippen molar-refractivity contribution in [2.24, 2.45) is 0 Å². The molecule has 0 unspecified atom stereocenters. The average Bonchev–Trinajstić information content (AvgIpc) is 3.40. The zero-order valence-electron chi connectivity index (χ0n) is 17.0. The molecule has 3 heterocycles. The van der Waals surface area contributed by atoms with E-state index >= 15 is 0 Å². The van der Waals surface area contributed by atoms with Crippen molar-refractivity contribution in [1.29, 1.82) is 0 Å². The van der Waals surface area contributed by atoms with Crippen LogP contribution in [0.4, 0.5) is 5.69 Å². The van der Waals surface area contributed by atoms with Crippen LogP contribution in [0.5, 0.6) is 0 Å². The van der Waals surface area contributed by atoms with Crippen molar-refractivity contribution in [3.63, 3.8) is 0 Å². The van der Waals surface area contributed by atoms with E-state index in [-0.39, 0.29) is 5.91 Å². The number of nitrogens with one attached hydrogen (secondary N) is 2. The van der Waals surface area contributed by atoms with Crippen LogP contribution in [-0.4, -0.2) is 22.4 Å². The van der Waals surface area contributed by atoms with E-state index in [0.717, 1.165) is 64.2 Å². The smallest absolute Gasteiger partial charge is 0.226 e. The molecule has 158 valence electrons. The van der Waals surface area contributed by atoms with Gasteiger partial charge in [-0.2, -0.15) is 0 Å². The number of halogens is 1. The lowest BCUT2D eigenvalue weighted by atomic mass is 10.1. The minimum absolute atomic E-state index is 0.233. The van der Waals surface area contributed by atoms with Crippen LogP contribution in [0.25, 0.3) is 21.7 Å². The largest absolute Gasteiger partial charge is 0.337 e. The van der Waals surface area contributed by atoms with Gasteiger partial charge in [-0.3, -0.25) is 4.79 Å². The van der Waals surface area contributed by atoms with E-state index in [1.165, 1.54) is 22.5 Å². The average molecular weight is 451 g/mol. The number of imidazole rings is 1. The van der Waals surface area contributed by atoms with E-state index in [2.05, 4.69) is 40.6 Å². The Morgan fingerprint density at radius 3 is 2.61 bits per heavy atom. The van der Waals surface area contributed by atoms with Crippen LogP contribution in [0.15, 0.2) is 54.6 Å². The van der Waals surface area contributed by atoms with Crippen LogP contribution in [0.3, 0.4) is 0 Å². The molecule has 4 aromatic rings. The van der Waals surface area contributed by atoms with Gasteiger partial charge in [-0.15, -0.1) is 11.3 Å². The van der Waals surface area contributed by atoms with Gasteiger partial charge in [-0.05, 0) is 60.4 Å². The summed E-state index contributed by atoms with van der Waals surface area (Å²) < 4.78 is 0.760. The molecular weight excluding hydrogens is 428 g/mol. The Bertz CT molecular complexity index is 1210. The van der Waals surface area contributed by atoms with Crippen molar-refractivity contribution in [1.82, 2.24) is 15.3 Å². The molecule has 5 nitrogen and oxygen atoms in total. The summed E-state index contributed by atoms with van der Waals surface area (Å²) >= 11 is 7.57. The molecule has 1 aliphatic rings. The molecule has 0 radical (unpaired) electrons. The number of aromatic amines is 1. The number of piperidine rings is 1. The zero-order valence-corrected chi connectivity index (χ0v) is 18.6. The van der Waals surface area contributed by atoms with Gasteiger partial charge in [0, 0.05) is 31.7 Å². The van der Waals surface area contributed by atoms with Gasteiger partial charge in [0.1, 0.15) is 5.82 Å². The first-order valence-corrected chi connectivity index (χ1v) is 11.7. The van der Waals surface area contributed by atoms with Crippen molar-refractivity contribution in [3.8, 4) is 10.7 Å². The van der Waals surface area contributed by atoms with Crippen LogP contribution >= 0.6 is 22.9 Å². The molecule has 0 spiro atoms. The summed E-state index contributed by atoms with van der Waals surface area (Å²) in [6.45, 7) is 2.36. The van der Waals surface area contributed by atoms with Crippen molar-refractivity contribution in [2.75, 3.05) is 11.4 Å². The van der Waals surface area contributed by atoms with Gasteiger partial charge in [0.2, 0.25) is 5.91 Å². The number of H-pyrrole nitrogens is 1. The molecule has 2 aromatic heterocycles. The second kappa shape index (κ2) is 8.83. The second-order valence-corrected chi connectivity index (χ2v) is 9.53. The Kier molecular flexibility index (Phi) is 5.76. The molecule has 0 aliphatic carbocycles. The first-order chi connectivity index (χ1) is 15.2. The van der Waals surface area contributed by atoms with E-state index in [0.29, 0.717) is 6.42 Å². The monoisotopic (exact) mass is 450 g/mol. The minimum atomic E-state index is 0.233. The van der Waals surface area contributed by atoms with Gasteiger partial charge in [-0.25, -0.2) is 4.98 Å². The van der Waals surface area contributed by atoms with Gasteiger partial charge in [0.25, 0.3) is 0 Å². The predicted molar refractivity (Wildman–Crippen MR) is 128 cm³/mol. The van der Waals surface area contributed by atoms with E-state index in [1.54, 1.807) is 0 Å². The molecule has 1 aliphatic heterocycles. The SMILES string of the molecule is O=C1CCCCN1c1ccc(CNCc2ccc3[nH]c(-c4ccc(Cl)s4)nc3c2)cc1. The van der Waals surface area contributed by atoms with Crippen LogP contribution in [-0.2, 0) is 17.9 Å². The predicted octanol–water partition coefficient (Wildman–Crippen LogP) is 5.75. The maximum Gasteiger partial charge on any atom is 0.226 e. The summed E-state index contributed by atoms with van der Waals surface area (Å²) in [5, 5.41) is 3.50. The topological polar surface area (TPSA) is 61.0 Å². The van der Waals surface area contributed by atoms with Gasteiger partial charge in [0.15, 0.2) is 0 Å². The number of hydrogen-bond donors (Lipinski definition) is 2. The highest BCUT2D eigenvalue weighted by Gasteiger charge is 2.19. The standard InChI is InChI=1S/C24H23ClN4OS/c25-22-11-10-21(31-22)24-27-19-9-6-17(13-20(19)28-24)15-26-14-16-4-7-18(8-5-16)29-12-2-1-3-23(29)30/h4-11,13,26H,1-3,12,14-15H2,(H,27,28). The number of fused-ring (bicyclic) bond motifs is 1. The molecule has 0 bridgehead atoms. The Hall–Kier alpha value is -2.67. The van der Waals surface area contributed by atoms with Gasteiger partial charge in [0.05, 0.1) is 20.2 Å². The summed E-state index contributed by atoms with van der Waals surface area (Å²) in [5.41, 5.74) is 5.36. The molecule has 5 rings (SSSR count). The summed E-state index contributed by atoms with van der Waals surface area (Å²) in [5.74, 6) is 1.08. The summed E-state index contributed by atoms with van der Waals surface area (Å²) in [6.07, 6.45) is 2.75. The Morgan fingerprint density at radius 1 is 1.03 bits per heavy atom. The molecule has 2 aromatic carbocycles. The van der Waals surface area contributed by atoms with Gasteiger partial charge in [-0.1, -0.05) is 29.8 Å². The molecule has 1 amide bonds. The van der Waals surface area contributed by atoms with E-state index in [1.807, 2.05) is 29.2 Å². The molecule has 0 atom stereocenters. The summed E-state index contributed by atoms with van der Waals surface area (Å²) in [4.78, 5) is 23.1. The number of anilines is 1. The highest BCUT2D eigenvalue weighted by atomic mass is 35.5. The molecule has 0 saturated carbocycles. The Balaban J connectivity index is 1.20. The summed E-state index contributed by atoms with van der Waals surface area (Å²) in [7, 11) is 0. The number of benzene rings is 2. The third-order valence-corrected chi connectivity index (χ3v) is 6.82.